The highest BCUT2D eigenvalue weighted by atomic mass is 32.2. The Morgan fingerprint density at radius 1 is 1.20 bits per heavy atom. The molecule has 62 valence electrons. The summed E-state index contributed by atoms with van der Waals surface area (Å²) in [5.41, 5.74) is 0. The predicted molar refractivity (Wildman–Crippen MR) is 48.2 cm³/mol. The van der Waals surface area contributed by atoms with E-state index in [0.29, 0.717) is 0 Å². The fourth-order valence-electron chi connectivity index (χ4n) is 0.752. The van der Waals surface area contributed by atoms with Crippen LogP contribution in [0.25, 0.3) is 0 Å². The Balaban J connectivity index is 3.09. The molecular formula is C8H18OS. The summed E-state index contributed by atoms with van der Waals surface area (Å²) in [7, 11) is 0. The van der Waals surface area contributed by atoms with Crippen LogP contribution >= 0.6 is 12.0 Å². The molecule has 0 aromatic heterocycles. The first-order valence-corrected chi connectivity index (χ1v) is 5.00. The standard InChI is InChI=1S/C8H18OS/c1-4-8(5-2)7-10-9-6-3/h8H,4-7H2,1-3H3. The lowest BCUT2D eigenvalue weighted by Crippen LogP contribution is -2.00. The molecule has 0 amide bonds. The molecule has 0 unspecified atom stereocenters. The maximum absolute atomic E-state index is 5.18. The second kappa shape index (κ2) is 7.42. The average molecular weight is 162 g/mol. The summed E-state index contributed by atoms with van der Waals surface area (Å²) in [5, 5.41) is 0. The second-order valence-corrected chi connectivity index (χ2v) is 3.18. The maximum Gasteiger partial charge on any atom is 0.0585 e. The molecule has 0 aliphatic carbocycles. The summed E-state index contributed by atoms with van der Waals surface area (Å²) in [6, 6.07) is 0. The zero-order valence-corrected chi connectivity index (χ0v) is 8.04. The average Bonchev–Trinajstić information content (AvgIpc) is 1.99. The van der Waals surface area contributed by atoms with Crippen LogP contribution < -0.4 is 0 Å². The summed E-state index contributed by atoms with van der Waals surface area (Å²) in [4.78, 5) is 0. The normalized spacial score (nSPS) is 10.8. The van der Waals surface area contributed by atoms with E-state index >= 15 is 0 Å². The van der Waals surface area contributed by atoms with Crippen molar-refractivity contribution in [3.8, 4) is 0 Å². The summed E-state index contributed by atoms with van der Waals surface area (Å²) >= 11 is 1.61. The van der Waals surface area contributed by atoms with E-state index < -0.39 is 0 Å². The fourth-order valence-corrected chi connectivity index (χ4v) is 1.68. The summed E-state index contributed by atoms with van der Waals surface area (Å²) < 4.78 is 5.18. The van der Waals surface area contributed by atoms with Gasteiger partial charge in [-0.1, -0.05) is 26.7 Å². The van der Waals surface area contributed by atoms with E-state index in [2.05, 4.69) is 13.8 Å². The summed E-state index contributed by atoms with van der Waals surface area (Å²) in [6.07, 6.45) is 2.55. The molecule has 0 aliphatic heterocycles. The molecule has 0 bridgehead atoms. The van der Waals surface area contributed by atoms with Crippen molar-refractivity contribution in [2.75, 3.05) is 12.4 Å². The third-order valence-corrected chi connectivity index (χ3v) is 2.67. The lowest BCUT2D eigenvalue weighted by atomic mass is 10.1. The SMILES string of the molecule is CCOSCC(CC)CC. The molecule has 0 saturated heterocycles. The van der Waals surface area contributed by atoms with Crippen molar-refractivity contribution in [3.05, 3.63) is 0 Å². The largest absolute Gasteiger partial charge is 0.316 e. The summed E-state index contributed by atoms with van der Waals surface area (Å²) in [5.74, 6) is 2.00. The van der Waals surface area contributed by atoms with Gasteiger partial charge < -0.3 is 4.18 Å². The fraction of sp³-hybridized carbons (Fsp3) is 1.00. The predicted octanol–water partition coefficient (Wildman–Crippen LogP) is 3.11. The Hall–Kier alpha value is 0.310. The molecule has 0 spiro atoms. The molecule has 0 N–H and O–H groups in total. The van der Waals surface area contributed by atoms with Crippen LogP contribution in [0.5, 0.6) is 0 Å². The van der Waals surface area contributed by atoms with Crippen LogP contribution in [0.15, 0.2) is 0 Å². The third-order valence-electron chi connectivity index (χ3n) is 1.66. The first kappa shape index (κ1) is 10.3. The topological polar surface area (TPSA) is 9.23 Å². The molecule has 0 atom stereocenters. The van der Waals surface area contributed by atoms with E-state index in [-0.39, 0.29) is 0 Å². The molecule has 0 aromatic rings. The highest BCUT2D eigenvalue weighted by Crippen LogP contribution is 2.15. The minimum Gasteiger partial charge on any atom is -0.316 e. The van der Waals surface area contributed by atoms with E-state index in [1.165, 1.54) is 12.8 Å². The van der Waals surface area contributed by atoms with Crippen molar-refractivity contribution >= 4 is 12.0 Å². The van der Waals surface area contributed by atoms with Gasteiger partial charge in [0.15, 0.2) is 0 Å². The second-order valence-electron chi connectivity index (χ2n) is 2.37. The van der Waals surface area contributed by atoms with Crippen molar-refractivity contribution in [3.63, 3.8) is 0 Å². The molecule has 0 radical (unpaired) electrons. The number of rotatable bonds is 6. The Morgan fingerprint density at radius 3 is 2.20 bits per heavy atom. The van der Waals surface area contributed by atoms with Gasteiger partial charge in [-0.25, -0.2) is 0 Å². The zero-order chi connectivity index (χ0) is 7.82. The first-order valence-electron chi connectivity index (χ1n) is 4.09. The van der Waals surface area contributed by atoms with Crippen molar-refractivity contribution in [2.24, 2.45) is 5.92 Å². The van der Waals surface area contributed by atoms with Gasteiger partial charge in [0.05, 0.1) is 6.61 Å². The highest BCUT2D eigenvalue weighted by molar-refractivity contribution is 7.94. The van der Waals surface area contributed by atoms with Crippen LogP contribution in [-0.4, -0.2) is 12.4 Å². The molecule has 1 nitrogen and oxygen atoms in total. The van der Waals surface area contributed by atoms with Crippen LogP contribution in [0, 0.1) is 5.92 Å². The molecule has 0 aliphatic rings. The molecule has 0 fully saturated rings. The zero-order valence-electron chi connectivity index (χ0n) is 7.22. The van der Waals surface area contributed by atoms with Crippen LogP contribution in [0.1, 0.15) is 33.6 Å². The minimum absolute atomic E-state index is 0.824. The van der Waals surface area contributed by atoms with Gasteiger partial charge >= 0.3 is 0 Å². The number of hydrogen-bond donors (Lipinski definition) is 0. The maximum atomic E-state index is 5.18. The van der Waals surface area contributed by atoms with E-state index in [4.69, 9.17) is 4.18 Å². The van der Waals surface area contributed by atoms with E-state index in [0.717, 1.165) is 18.3 Å². The summed E-state index contributed by atoms with van der Waals surface area (Å²) in [6.45, 7) is 7.33. The van der Waals surface area contributed by atoms with Crippen LogP contribution in [0.2, 0.25) is 0 Å². The lowest BCUT2D eigenvalue weighted by molar-refractivity contribution is 0.396. The Morgan fingerprint density at radius 2 is 1.80 bits per heavy atom. The van der Waals surface area contributed by atoms with Crippen molar-refractivity contribution in [1.82, 2.24) is 0 Å². The molecule has 0 rings (SSSR count). The molecule has 10 heavy (non-hydrogen) atoms. The molecule has 0 heterocycles. The van der Waals surface area contributed by atoms with Gasteiger partial charge in [-0.05, 0) is 24.9 Å². The van der Waals surface area contributed by atoms with Gasteiger partial charge in [0.1, 0.15) is 0 Å². The lowest BCUT2D eigenvalue weighted by Gasteiger charge is -2.09. The Bertz CT molecular complexity index is 62.3. The van der Waals surface area contributed by atoms with Crippen molar-refractivity contribution < 1.29 is 4.18 Å². The number of hydrogen-bond acceptors (Lipinski definition) is 2. The van der Waals surface area contributed by atoms with Crippen molar-refractivity contribution in [1.29, 1.82) is 0 Å². The molecule has 2 heteroatoms. The van der Waals surface area contributed by atoms with Crippen LogP contribution in [0.3, 0.4) is 0 Å². The van der Waals surface area contributed by atoms with Gasteiger partial charge in [0, 0.05) is 5.75 Å². The Labute approximate surface area is 68.7 Å². The van der Waals surface area contributed by atoms with E-state index in [1.54, 1.807) is 12.0 Å². The van der Waals surface area contributed by atoms with Gasteiger partial charge in [-0.2, -0.15) is 0 Å². The Kier molecular flexibility index (Phi) is 7.65. The molecule has 0 saturated carbocycles. The van der Waals surface area contributed by atoms with Gasteiger partial charge in [0.25, 0.3) is 0 Å². The van der Waals surface area contributed by atoms with Gasteiger partial charge in [-0.15, -0.1) is 0 Å². The third kappa shape index (κ3) is 5.12. The minimum atomic E-state index is 0.824. The van der Waals surface area contributed by atoms with Gasteiger partial charge in [-0.3, -0.25) is 0 Å². The van der Waals surface area contributed by atoms with Crippen LogP contribution in [0.4, 0.5) is 0 Å². The molecular weight excluding hydrogens is 144 g/mol. The quantitative estimate of drug-likeness (QED) is 0.438. The molecule has 0 aromatic carbocycles. The first-order chi connectivity index (χ1) is 4.85. The van der Waals surface area contributed by atoms with Crippen molar-refractivity contribution in [2.45, 2.75) is 33.6 Å². The van der Waals surface area contributed by atoms with E-state index in [1.807, 2.05) is 6.92 Å². The monoisotopic (exact) mass is 162 g/mol. The smallest absolute Gasteiger partial charge is 0.0585 e. The van der Waals surface area contributed by atoms with E-state index in [9.17, 15) is 0 Å². The highest BCUT2D eigenvalue weighted by Gasteiger charge is 2.02. The van der Waals surface area contributed by atoms with Crippen LogP contribution in [-0.2, 0) is 4.18 Å². The van der Waals surface area contributed by atoms with Gasteiger partial charge in [0.2, 0.25) is 0 Å².